The number of thioether (sulfide) groups is 1. The van der Waals surface area contributed by atoms with Gasteiger partial charge in [-0.05, 0) is 13.0 Å². The first-order valence-electron chi connectivity index (χ1n) is 8.65. The Balaban J connectivity index is 1.72. The average Bonchev–Trinajstić information content (AvgIpc) is 3.08. The third kappa shape index (κ3) is 4.54. The number of benzene rings is 2. The minimum atomic E-state index is -0.523. The average molecular weight is 413 g/mol. The molecular weight excluding hydrogens is 394 g/mol. The Kier molecular flexibility index (Phi) is 6.13. The van der Waals surface area contributed by atoms with Crippen molar-refractivity contribution in [2.45, 2.75) is 17.3 Å². The number of anilines is 1. The van der Waals surface area contributed by atoms with Crippen LogP contribution in [0.4, 0.5) is 11.4 Å². The number of aromatic nitrogens is 3. The van der Waals surface area contributed by atoms with Gasteiger partial charge in [-0.15, -0.1) is 10.2 Å². The van der Waals surface area contributed by atoms with E-state index in [-0.39, 0.29) is 17.3 Å². The predicted molar refractivity (Wildman–Crippen MR) is 110 cm³/mol. The summed E-state index contributed by atoms with van der Waals surface area (Å²) in [6, 6.07) is 13.7. The number of carbonyl (C=O) groups excluding carboxylic acids is 1. The molecule has 150 valence electrons. The summed E-state index contributed by atoms with van der Waals surface area (Å²) >= 11 is 1.26. The van der Waals surface area contributed by atoms with Gasteiger partial charge >= 0.3 is 0 Å². The van der Waals surface area contributed by atoms with Gasteiger partial charge in [0.25, 0.3) is 5.69 Å². The number of ether oxygens (including phenoxy) is 1. The number of nitro benzene ring substituents is 1. The molecule has 0 spiro atoms. The summed E-state index contributed by atoms with van der Waals surface area (Å²) in [5, 5.41) is 22.1. The number of nitrogens with zero attached hydrogens (tertiary/aromatic N) is 4. The van der Waals surface area contributed by atoms with Crippen molar-refractivity contribution in [3.8, 4) is 17.1 Å². The molecule has 0 saturated heterocycles. The van der Waals surface area contributed by atoms with E-state index in [1.807, 2.05) is 41.9 Å². The van der Waals surface area contributed by atoms with E-state index in [4.69, 9.17) is 4.74 Å². The molecular formula is C19H19N5O4S. The largest absolute Gasteiger partial charge is 0.494 e. The van der Waals surface area contributed by atoms with Crippen LogP contribution >= 0.6 is 11.8 Å². The summed E-state index contributed by atoms with van der Waals surface area (Å²) < 4.78 is 6.98. The van der Waals surface area contributed by atoms with Gasteiger partial charge in [-0.1, -0.05) is 42.1 Å². The highest BCUT2D eigenvalue weighted by Crippen LogP contribution is 2.31. The summed E-state index contributed by atoms with van der Waals surface area (Å²) in [4.78, 5) is 23.0. The van der Waals surface area contributed by atoms with E-state index >= 15 is 0 Å². The van der Waals surface area contributed by atoms with Crippen LogP contribution in [0.2, 0.25) is 0 Å². The first kappa shape index (κ1) is 20.3. The smallest absolute Gasteiger partial charge is 0.273 e. The Morgan fingerprint density at radius 2 is 1.97 bits per heavy atom. The zero-order valence-electron chi connectivity index (χ0n) is 16.0. The predicted octanol–water partition coefficient (Wildman–Crippen LogP) is 3.52. The summed E-state index contributed by atoms with van der Waals surface area (Å²) in [5.41, 5.74) is 1.18. The normalized spacial score (nSPS) is 11.7. The van der Waals surface area contributed by atoms with Gasteiger partial charge in [0.15, 0.2) is 11.0 Å². The number of amides is 1. The van der Waals surface area contributed by atoms with Gasteiger partial charge < -0.3 is 14.6 Å². The number of non-ortho nitro benzene ring substituents is 1. The monoisotopic (exact) mass is 413 g/mol. The lowest BCUT2D eigenvalue weighted by Gasteiger charge is -2.14. The van der Waals surface area contributed by atoms with Gasteiger partial charge in [-0.25, -0.2) is 0 Å². The third-order valence-electron chi connectivity index (χ3n) is 4.17. The van der Waals surface area contributed by atoms with E-state index in [0.29, 0.717) is 16.7 Å². The van der Waals surface area contributed by atoms with Crippen molar-refractivity contribution in [1.82, 2.24) is 14.8 Å². The fourth-order valence-electron chi connectivity index (χ4n) is 2.60. The number of hydrogen-bond donors (Lipinski definition) is 1. The van der Waals surface area contributed by atoms with Crippen LogP contribution in [0, 0.1) is 10.1 Å². The quantitative estimate of drug-likeness (QED) is 0.358. The fraction of sp³-hybridized carbons (Fsp3) is 0.211. The van der Waals surface area contributed by atoms with Crippen molar-refractivity contribution in [3.05, 3.63) is 58.6 Å². The Bertz CT molecular complexity index is 1040. The molecule has 0 bridgehead atoms. The topological polar surface area (TPSA) is 112 Å². The SMILES string of the molecule is COc1cc([N+](=O)[O-])ccc1NC(=O)[C@H](C)Sc1nnc(-c2ccccc2)n1C. The summed E-state index contributed by atoms with van der Waals surface area (Å²) in [6.45, 7) is 1.74. The molecule has 0 aliphatic carbocycles. The van der Waals surface area contributed by atoms with Crippen LogP contribution in [-0.2, 0) is 11.8 Å². The molecule has 2 aromatic carbocycles. The molecule has 0 radical (unpaired) electrons. The van der Waals surface area contributed by atoms with Gasteiger partial charge in [0.2, 0.25) is 5.91 Å². The lowest BCUT2D eigenvalue weighted by molar-refractivity contribution is -0.384. The zero-order chi connectivity index (χ0) is 21.0. The van der Waals surface area contributed by atoms with Crippen LogP contribution in [0.25, 0.3) is 11.4 Å². The molecule has 0 saturated carbocycles. The maximum Gasteiger partial charge on any atom is 0.273 e. The molecule has 29 heavy (non-hydrogen) atoms. The van der Waals surface area contributed by atoms with Gasteiger partial charge in [-0.3, -0.25) is 14.9 Å². The number of rotatable bonds is 7. The van der Waals surface area contributed by atoms with E-state index in [1.54, 1.807) is 6.92 Å². The molecule has 10 heteroatoms. The second-order valence-electron chi connectivity index (χ2n) is 6.12. The maximum absolute atomic E-state index is 12.6. The second kappa shape index (κ2) is 8.74. The van der Waals surface area contributed by atoms with Crippen molar-refractivity contribution < 1.29 is 14.5 Å². The van der Waals surface area contributed by atoms with E-state index < -0.39 is 10.2 Å². The van der Waals surface area contributed by atoms with Gasteiger partial charge in [-0.2, -0.15) is 0 Å². The molecule has 3 rings (SSSR count). The van der Waals surface area contributed by atoms with Crippen LogP contribution in [0.15, 0.2) is 53.7 Å². The molecule has 1 amide bonds. The van der Waals surface area contributed by atoms with Crippen LogP contribution in [0.5, 0.6) is 5.75 Å². The Labute approximate surface area is 171 Å². The number of nitro groups is 1. The van der Waals surface area contributed by atoms with Crippen molar-refractivity contribution in [3.63, 3.8) is 0 Å². The molecule has 1 atom stereocenters. The first-order valence-corrected chi connectivity index (χ1v) is 9.53. The fourth-order valence-corrected chi connectivity index (χ4v) is 3.41. The highest BCUT2D eigenvalue weighted by Gasteiger charge is 2.21. The van der Waals surface area contributed by atoms with Crippen molar-refractivity contribution in [2.24, 2.45) is 7.05 Å². The molecule has 0 unspecified atom stereocenters. The van der Waals surface area contributed by atoms with Crippen molar-refractivity contribution >= 4 is 29.0 Å². The van der Waals surface area contributed by atoms with E-state index in [1.165, 1.54) is 37.1 Å². The molecule has 3 aromatic rings. The molecule has 1 aromatic heterocycles. The van der Waals surface area contributed by atoms with Gasteiger partial charge in [0.1, 0.15) is 5.75 Å². The third-order valence-corrected chi connectivity index (χ3v) is 5.31. The standard InChI is InChI=1S/C19H19N5O4S/c1-12(18(25)20-15-10-9-14(24(26)27)11-16(15)28-3)29-19-22-21-17(23(19)2)13-7-5-4-6-8-13/h4-12H,1-3H3,(H,20,25)/t12-/m0/s1. The van der Waals surface area contributed by atoms with E-state index in [0.717, 1.165) is 5.56 Å². The highest BCUT2D eigenvalue weighted by atomic mass is 32.2. The van der Waals surface area contributed by atoms with E-state index in [9.17, 15) is 14.9 Å². The number of hydrogen-bond acceptors (Lipinski definition) is 7. The molecule has 1 N–H and O–H groups in total. The number of nitrogens with one attached hydrogen (secondary N) is 1. The Morgan fingerprint density at radius 1 is 1.24 bits per heavy atom. The summed E-state index contributed by atoms with van der Waals surface area (Å²) in [7, 11) is 3.23. The molecule has 0 aliphatic rings. The highest BCUT2D eigenvalue weighted by molar-refractivity contribution is 8.00. The maximum atomic E-state index is 12.6. The summed E-state index contributed by atoms with van der Waals surface area (Å²) in [6.07, 6.45) is 0. The summed E-state index contributed by atoms with van der Waals surface area (Å²) in [5.74, 6) is 0.638. The number of methoxy groups -OCH3 is 1. The Morgan fingerprint density at radius 3 is 2.62 bits per heavy atom. The van der Waals surface area contributed by atoms with Crippen molar-refractivity contribution in [1.29, 1.82) is 0 Å². The lowest BCUT2D eigenvalue weighted by atomic mass is 10.2. The lowest BCUT2D eigenvalue weighted by Crippen LogP contribution is -2.23. The van der Waals surface area contributed by atoms with Gasteiger partial charge in [0.05, 0.1) is 29.0 Å². The van der Waals surface area contributed by atoms with Crippen LogP contribution < -0.4 is 10.1 Å². The number of carbonyl (C=O) groups is 1. The second-order valence-corrected chi connectivity index (χ2v) is 7.43. The van der Waals surface area contributed by atoms with E-state index in [2.05, 4.69) is 15.5 Å². The van der Waals surface area contributed by atoms with Crippen LogP contribution in [0.1, 0.15) is 6.92 Å². The van der Waals surface area contributed by atoms with Crippen LogP contribution in [-0.4, -0.2) is 38.0 Å². The Hall–Kier alpha value is -3.40. The first-order chi connectivity index (χ1) is 13.9. The molecule has 0 fully saturated rings. The molecule has 9 nitrogen and oxygen atoms in total. The zero-order valence-corrected chi connectivity index (χ0v) is 16.8. The minimum absolute atomic E-state index is 0.116. The minimum Gasteiger partial charge on any atom is -0.494 e. The van der Waals surface area contributed by atoms with Gasteiger partial charge in [0, 0.05) is 18.7 Å². The molecule has 0 aliphatic heterocycles. The van der Waals surface area contributed by atoms with Crippen LogP contribution in [0.3, 0.4) is 0 Å². The molecule has 1 heterocycles. The van der Waals surface area contributed by atoms with Crippen molar-refractivity contribution in [2.75, 3.05) is 12.4 Å².